The molecule has 36 heavy (non-hydrogen) atoms. The zero-order valence-electron chi connectivity index (χ0n) is 20.8. The lowest BCUT2D eigenvalue weighted by Gasteiger charge is -2.15. The lowest BCUT2D eigenvalue weighted by atomic mass is 9.89. The standard InChI is InChI=1S/C29H30FN3O3/c1-4-36-26(34)15-10-19-6-5-7-21(16-19)28(31-23-12-8-20(9-13-23)18-33(2)3)27-24-14-11-22(30)17-25(24)32-29(27)35/h5-9,11-14,16-17,27H,4,10,15,18H2,1-3H3,(H,32,35). The number of carbonyl (C=O) groups excluding carboxylic acids is 2. The molecule has 1 aliphatic heterocycles. The van der Waals surface area contributed by atoms with Gasteiger partial charge in [-0.15, -0.1) is 0 Å². The number of aryl methyl sites for hydroxylation is 1. The first kappa shape index (κ1) is 25.3. The van der Waals surface area contributed by atoms with Crippen molar-refractivity contribution in [2.75, 3.05) is 26.0 Å². The van der Waals surface area contributed by atoms with Crippen molar-refractivity contribution >= 4 is 29.0 Å². The molecule has 0 saturated carbocycles. The highest BCUT2D eigenvalue weighted by atomic mass is 19.1. The van der Waals surface area contributed by atoms with Crippen molar-refractivity contribution in [3.8, 4) is 0 Å². The van der Waals surface area contributed by atoms with Crippen LogP contribution in [0.25, 0.3) is 0 Å². The van der Waals surface area contributed by atoms with Crippen molar-refractivity contribution in [3.63, 3.8) is 0 Å². The van der Waals surface area contributed by atoms with E-state index in [4.69, 9.17) is 9.73 Å². The summed E-state index contributed by atoms with van der Waals surface area (Å²) in [7, 11) is 4.02. The minimum atomic E-state index is -0.692. The van der Waals surface area contributed by atoms with Crippen LogP contribution >= 0.6 is 0 Å². The molecule has 1 amide bonds. The van der Waals surface area contributed by atoms with Crippen molar-refractivity contribution in [1.29, 1.82) is 0 Å². The van der Waals surface area contributed by atoms with Gasteiger partial charge in [0.05, 0.1) is 18.0 Å². The molecule has 186 valence electrons. The Bertz CT molecular complexity index is 1290. The minimum Gasteiger partial charge on any atom is -0.466 e. The number of hydrogen-bond donors (Lipinski definition) is 1. The lowest BCUT2D eigenvalue weighted by Crippen LogP contribution is -2.22. The van der Waals surface area contributed by atoms with E-state index < -0.39 is 11.7 Å². The fourth-order valence-corrected chi connectivity index (χ4v) is 4.35. The van der Waals surface area contributed by atoms with E-state index in [0.717, 1.165) is 23.2 Å². The first-order valence-corrected chi connectivity index (χ1v) is 12.0. The third kappa shape index (κ3) is 6.04. The van der Waals surface area contributed by atoms with Crippen LogP contribution in [0.1, 0.15) is 41.5 Å². The molecule has 0 aliphatic carbocycles. The summed E-state index contributed by atoms with van der Waals surface area (Å²) in [6.07, 6.45) is 0.779. The van der Waals surface area contributed by atoms with Crippen LogP contribution in [0, 0.1) is 5.82 Å². The molecule has 0 bridgehead atoms. The maximum absolute atomic E-state index is 13.9. The van der Waals surface area contributed by atoms with Gasteiger partial charge in [-0.3, -0.25) is 14.6 Å². The van der Waals surface area contributed by atoms with E-state index in [1.54, 1.807) is 13.0 Å². The number of amides is 1. The first-order valence-electron chi connectivity index (χ1n) is 12.0. The van der Waals surface area contributed by atoms with E-state index in [9.17, 15) is 14.0 Å². The fourth-order valence-electron chi connectivity index (χ4n) is 4.35. The Morgan fingerprint density at radius 2 is 1.83 bits per heavy atom. The average Bonchev–Trinajstić information content (AvgIpc) is 3.16. The summed E-state index contributed by atoms with van der Waals surface area (Å²) in [4.78, 5) is 32.0. The van der Waals surface area contributed by atoms with Crippen molar-refractivity contribution in [2.24, 2.45) is 4.99 Å². The van der Waals surface area contributed by atoms with Gasteiger partial charge in [-0.05, 0) is 80.0 Å². The normalized spacial score (nSPS) is 15.1. The average molecular weight is 488 g/mol. The van der Waals surface area contributed by atoms with Gasteiger partial charge in [-0.2, -0.15) is 0 Å². The molecule has 0 spiro atoms. The van der Waals surface area contributed by atoms with Crippen LogP contribution in [0.4, 0.5) is 15.8 Å². The number of anilines is 1. The second-order valence-corrected chi connectivity index (χ2v) is 9.06. The van der Waals surface area contributed by atoms with Crippen LogP contribution in [-0.2, 0) is 27.3 Å². The predicted molar refractivity (Wildman–Crippen MR) is 139 cm³/mol. The Balaban J connectivity index is 1.73. The van der Waals surface area contributed by atoms with Crippen LogP contribution in [0.15, 0.2) is 71.7 Å². The van der Waals surface area contributed by atoms with Gasteiger partial charge >= 0.3 is 5.97 Å². The number of nitrogens with zero attached hydrogens (tertiary/aromatic N) is 2. The van der Waals surface area contributed by atoms with Crippen LogP contribution in [0.5, 0.6) is 0 Å². The molecule has 3 aromatic rings. The Hall–Kier alpha value is -3.84. The number of fused-ring (bicyclic) bond motifs is 1. The molecule has 1 N–H and O–H groups in total. The van der Waals surface area contributed by atoms with Crippen molar-refractivity contribution in [3.05, 3.63) is 94.8 Å². The summed E-state index contributed by atoms with van der Waals surface area (Å²) in [5, 5.41) is 2.80. The number of benzene rings is 3. The van der Waals surface area contributed by atoms with E-state index in [0.29, 0.717) is 35.7 Å². The second kappa shape index (κ2) is 11.3. The molecule has 1 atom stereocenters. The predicted octanol–water partition coefficient (Wildman–Crippen LogP) is 5.24. The van der Waals surface area contributed by atoms with Gasteiger partial charge in [-0.25, -0.2) is 4.39 Å². The molecule has 0 aromatic heterocycles. The van der Waals surface area contributed by atoms with Gasteiger partial charge in [0, 0.05) is 18.7 Å². The maximum Gasteiger partial charge on any atom is 0.306 e. The number of ether oxygens (including phenoxy) is 1. The van der Waals surface area contributed by atoms with E-state index in [1.165, 1.54) is 12.1 Å². The summed E-state index contributed by atoms with van der Waals surface area (Å²) in [6, 6.07) is 19.9. The number of esters is 1. The highest BCUT2D eigenvalue weighted by Gasteiger charge is 2.35. The molecule has 0 saturated heterocycles. The summed E-state index contributed by atoms with van der Waals surface area (Å²) in [6.45, 7) is 2.94. The van der Waals surface area contributed by atoms with E-state index in [2.05, 4.69) is 10.2 Å². The highest BCUT2D eigenvalue weighted by Crippen LogP contribution is 2.37. The van der Waals surface area contributed by atoms with Gasteiger partial charge in [0.25, 0.3) is 0 Å². The van der Waals surface area contributed by atoms with Crippen LogP contribution < -0.4 is 5.32 Å². The van der Waals surface area contributed by atoms with E-state index in [1.807, 2.05) is 62.6 Å². The third-order valence-electron chi connectivity index (χ3n) is 5.95. The Morgan fingerprint density at radius 1 is 1.06 bits per heavy atom. The number of carbonyl (C=O) groups is 2. The molecular weight excluding hydrogens is 457 g/mol. The van der Waals surface area contributed by atoms with E-state index in [-0.39, 0.29) is 18.3 Å². The monoisotopic (exact) mass is 487 g/mol. The zero-order valence-corrected chi connectivity index (χ0v) is 20.8. The summed E-state index contributed by atoms with van der Waals surface area (Å²) < 4.78 is 18.9. The van der Waals surface area contributed by atoms with Gasteiger partial charge < -0.3 is 15.0 Å². The molecule has 3 aromatic carbocycles. The smallest absolute Gasteiger partial charge is 0.306 e. The Kier molecular flexibility index (Phi) is 7.90. The molecule has 1 unspecified atom stereocenters. The molecule has 7 heteroatoms. The second-order valence-electron chi connectivity index (χ2n) is 9.06. The summed E-state index contributed by atoms with van der Waals surface area (Å²) in [5.74, 6) is -1.61. The quantitative estimate of drug-likeness (QED) is 0.331. The SMILES string of the molecule is CCOC(=O)CCc1cccc(C(=Nc2ccc(CN(C)C)cc2)C2C(=O)Nc3cc(F)ccc32)c1. The largest absolute Gasteiger partial charge is 0.466 e. The summed E-state index contributed by atoms with van der Waals surface area (Å²) >= 11 is 0. The van der Waals surface area contributed by atoms with E-state index >= 15 is 0 Å². The number of halogens is 1. The minimum absolute atomic E-state index is 0.249. The Labute approximate surface area is 210 Å². The molecule has 0 fully saturated rings. The first-order chi connectivity index (χ1) is 17.3. The van der Waals surface area contributed by atoms with Crippen LogP contribution in [0.2, 0.25) is 0 Å². The number of aliphatic imine (C=N–C) groups is 1. The van der Waals surface area contributed by atoms with Gasteiger partial charge in [0.1, 0.15) is 11.7 Å². The third-order valence-corrected chi connectivity index (χ3v) is 5.95. The number of hydrogen-bond acceptors (Lipinski definition) is 5. The van der Waals surface area contributed by atoms with Crippen molar-refractivity contribution in [1.82, 2.24) is 4.90 Å². The van der Waals surface area contributed by atoms with Gasteiger partial charge in [0.15, 0.2) is 0 Å². The molecule has 1 aliphatic rings. The topological polar surface area (TPSA) is 71.0 Å². The number of rotatable bonds is 9. The molecule has 6 nitrogen and oxygen atoms in total. The lowest BCUT2D eigenvalue weighted by molar-refractivity contribution is -0.143. The highest BCUT2D eigenvalue weighted by molar-refractivity contribution is 6.24. The molecule has 0 radical (unpaired) electrons. The maximum atomic E-state index is 13.9. The zero-order chi connectivity index (χ0) is 25.7. The van der Waals surface area contributed by atoms with Gasteiger partial charge in [-0.1, -0.05) is 36.4 Å². The summed E-state index contributed by atoms with van der Waals surface area (Å²) in [5.41, 5.74) is 5.28. The van der Waals surface area contributed by atoms with Crippen LogP contribution in [-0.4, -0.2) is 43.2 Å². The van der Waals surface area contributed by atoms with Gasteiger partial charge in [0.2, 0.25) is 5.91 Å². The molecule has 4 rings (SSSR count). The molecular formula is C29H30FN3O3. The Morgan fingerprint density at radius 3 is 2.56 bits per heavy atom. The fraction of sp³-hybridized carbons (Fsp3) is 0.276. The molecule has 1 heterocycles. The van der Waals surface area contributed by atoms with Crippen molar-refractivity contribution < 1.29 is 18.7 Å². The number of nitrogens with one attached hydrogen (secondary N) is 1. The van der Waals surface area contributed by atoms with Crippen molar-refractivity contribution in [2.45, 2.75) is 32.2 Å². The van der Waals surface area contributed by atoms with Crippen LogP contribution in [0.3, 0.4) is 0 Å².